The molecule has 0 aromatic heterocycles. The van der Waals surface area contributed by atoms with Gasteiger partial charge in [0.1, 0.15) is 12.9 Å². The van der Waals surface area contributed by atoms with Gasteiger partial charge in [-0.3, -0.25) is 0 Å². The summed E-state index contributed by atoms with van der Waals surface area (Å²) < 4.78 is 26.7. The van der Waals surface area contributed by atoms with Crippen LogP contribution in [0.3, 0.4) is 0 Å². The summed E-state index contributed by atoms with van der Waals surface area (Å²) in [6.45, 7) is 0. The van der Waals surface area contributed by atoms with E-state index < -0.39 is 9.84 Å². The third-order valence-electron chi connectivity index (χ3n) is 1.40. The zero-order valence-corrected chi connectivity index (χ0v) is 7.47. The highest BCUT2D eigenvalue weighted by atomic mass is 32.2. The number of rotatable bonds is 2. The van der Waals surface area contributed by atoms with Gasteiger partial charge in [0.25, 0.3) is 0 Å². The topological polar surface area (TPSA) is 43.4 Å². The van der Waals surface area contributed by atoms with E-state index >= 15 is 0 Å². The van der Waals surface area contributed by atoms with Gasteiger partial charge in [-0.05, 0) is 18.2 Å². The van der Waals surface area contributed by atoms with E-state index in [9.17, 15) is 8.42 Å². The molecule has 0 aliphatic carbocycles. The number of benzene rings is 1. The van der Waals surface area contributed by atoms with Crippen LogP contribution < -0.4 is 4.74 Å². The molecule has 0 N–H and O–H groups in total. The Hall–Kier alpha value is -1.03. The van der Waals surface area contributed by atoms with E-state index in [1.807, 2.05) is 0 Å². The second-order valence-corrected chi connectivity index (χ2v) is 4.41. The summed E-state index contributed by atoms with van der Waals surface area (Å²) in [6.07, 6.45) is 1.15. The molecule has 0 atom stereocenters. The van der Waals surface area contributed by atoms with Crippen LogP contribution >= 0.6 is 0 Å². The fourth-order valence-corrected chi connectivity index (χ4v) is 1.45. The van der Waals surface area contributed by atoms with Crippen molar-refractivity contribution in [3.63, 3.8) is 0 Å². The SMILES string of the molecule is [CH2]Oc1cccc(S(C)(=O)=O)c1. The van der Waals surface area contributed by atoms with Crippen LogP contribution in [0, 0.1) is 7.11 Å². The van der Waals surface area contributed by atoms with Crippen LogP contribution in [-0.2, 0) is 9.84 Å². The average Bonchev–Trinajstić information content (AvgIpc) is 2.03. The number of ether oxygens (including phenoxy) is 1. The quantitative estimate of drug-likeness (QED) is 0.696. The Morgan fingerprint density at radius 2 is 2.08 bits per heavy atom. The molecule has 0 fully saturated rings. The van der Waals surface area contributed by atoms with Crippen molar-refractivity contribution >= 4 is 9.84 Å². The van der Waals surface area contributed by atoms with Crippen molar-refractivity contribution < 1.29 is 13.2 Å². The summed E-state index contributed by atoms with van der Waals surface area (Å²) in [5, 5.41) is 0. The number of hydrogen-bond donors (Lipinski definition) is 0. The molecule has 65 valence electrons. The van der Waals surface area contributed by atoms with Crippen molar-refractivity contribution in [2.24, 2.45) is 0 Å². The maximum Gasteiger partial charge on any atom is 0.175 e. The molecule has 1 aromatic carbocycles. The molecule has 4 heteroatoms. The Morgan fingerprint density at radius 1 is 1.42 bits per heavy atom. The third kappa shape index (κ3) is 1.98. The van der Waals surface area contributed by atoms with Crippen molar-refractivity contribution in [1.82, 2.24) is 0 Å². The fraction of sp³-hybridized carbons (Fsp3) is 0.125. The smallest absolute Gasteiger partial charge is 0.175 e. The number of hydrogen-bond acceptors (Lipinski definition) is 3. The second kappa shape index (κ2) is 3.15. The van der Waals surface area contributed by atoms with Crippen molar-refractivity contribution in [1.29, 1.82) is 0 Å². The fourth-order valence-electron chi connectivity index (χ4n) is 0.795. The molecule has 1 aromatic rings. The standard InChI is InChI=1S/C8H9O3S/c1-11-7-4-3-5-8(6-7)12(2,9)10/h3-6H,1H2,2H3. The van der Waals surface area contributed by atoms with E-state index in [1.165, 1.54) is 12.1 Å². The van der Waals surface area contributed by atoms with E-state index in [1.54, 1.807) is 12.1 Å². The molecule has 0 aliphatic heterocycles. The van der Waals surface area contributed by atoms with Gasteiger partial charge < -0.3 is 4.74 Å². The van der Waals surface area contributed by atoms with Crippen LogP contribution in [-0.4, -0.2) is 14.7 Å². The van der Waals surface area contributed by atoms with Crippen LogP contribution in [0.1, 0.15) is 0 Å². The minimum Gasteiger partial charge on any atom is -0.490 e. The summed E-state index contributed by atoms with van der Waals surface area (Å²) in [4.78, 5) is 0.239. The third-order valence-corrected chi connectivity index (χ3v) is 2.51. The number of sulfone groups is 1. The van der Waals surface area contributed by atoms with Crippen LogP contribution in [0.4, 0.5) is 0 Å². The lowest BCUT2D eigenvalue weighted by Gasteiger charge is -2.00. The molecule has 1 radical (unpaired) electrons. The Kier molecular flexibility index (Phi) is 2.38. The summed E-state index contributed by atoms with van der Waals surface area (Å²) in [7, 11) is 0.0411. The van der Waals surface area contributed by atoms with E-state index in [0.29, 0.717) is 5.75 Å². The van der Waals surface area contributed by atoms with E-state index in [-0.39, 0.29) is 4.90 Å². The summed E-state index contributed by atoms with van der Waals surface area (Å²) >= 11 is 0. The van der Waals surface area contributed by atoms with Crippen molar-refractivity contribution in [3.05, 3.63) is 31.4 Å². The van der Waals surface area contributed by atoms with Gasteiger partial charge in [-0.2, -0.15) is 0 Å². The van der Waals surface area contributed by atoms with Gasteiger partial charge >= 0.3 is 0 Å². The summed E-state index contributed by atoms with van der Waals surface area (Å²) in [5.41, 5.74) is 0. The molecule has 0 unspecified atom stereocenters. The molecule has 0 saturated heterocycles. The van der Waals surface area contributed by atoms with Crippen LogP contribution in [0.25, 0.3) is 0 Å². The summed E-state index contributed by atoms with van der Waals surface area (Å²) in [6, 6.07) is 6.19. The maximum absolute atomic E-state index is 11.0. The first kappa shape index (κ1) is 9.06. The molecule has 1 rings (SSSR count). The lowest BCUT2D eigenvalue weighted by atomic mass is 10.3. The lowest BCUT2D eigenvalue weighted by Crippen LogP contribution is -1.96. The first-order valence-corrected chi connectivity index (χ1v) is 5.15. The van der Waals surface area contributed by atoms with Crippen LogP contribution in [0.5, 0.6) is 5.75 Å². The maximum atomic E-state index is 11.0. The normalized spacial score (nSPS) is 11.2. The average molecular weight is 185 g/mol. The van der Waals surface area contributed by atoms with Gasteiger partial charge in [-0.25, -0.2) is 8.42 Å². The van der Waals surface area contributed by atoms with Gasteiger partial charge in [-0.15, -0.1) is 0 Å². The zero-order chi connectivity index (χ0) is 9.19. The van der Waals surface area contributed by atoms with E-state index in [0.717, 1.165) is 6.26 Å². The van der Waals surface area contributed by atoms with Crippen molar-refractivity contribution in [3.8, 4) is 5.75 Å². The monoisotopic (exact) mass is 185 g/mol. The zero-order valence-electron chi connectivity index (χ0n) is 6.65. The Morgan fingerprint density at radius 3 is 2.58 bits per heavy atom. The molecular formula is C8H9O3S. The molecule has 0 aliphatic rings. The first-order valence-electron chi connectivity index (χ1n) is 3.26. The van der Waals surface area contributed by atoms with Gasteiger partial charge in [0.2, 0.25) is 0 Å². The van der Waals surface area contributed by atoms with Crippen LogP contribution in [0.15, 0.2) is 29.2 Å². The highest BCUT2D eigenvalue weighted by Crippen LogP contribution is 2.16. The molecule has 0 amide bonds. The molecule has 0 bridgehead atoms. The van der Waals surface area contributed by atoms with Gasteiger partial charge in [0.15, 0.2) is 9.84 Å². The van der Waals surface area contributed by atoms with Gasteiger partial charge in [-0.1, -0.05) is 6.07 Å². The predicted molar refractivity (Wildman–Crippen MR) is 45.5 cm³/mol. The van der Waals surface area contributed by atoms with Gasteiger partial charge in [0, 0.05) is 6.26 Å². The molecule has 3 nitrogen and oxygen atoms in total. The predicted octanol–water partition coefficient (Wildman–Crippen LogP) is 1.26. The van der Waals surface area contributed by atoms with E-state index in [2.05, 4.69) is 11.8 Å². The highest BCUT2D eigenvalue weighted by Gasteiger charge is 2.06. The van der Waals surface area contributed by atoms with Crippen molar-refractivity contribution in [2.75, 3.05) is 6.26 Å². The molecular weight excluding hydrogens is 176 g/mol. The van der Waals surface area contributed by atoms with Crippen molar-refractivity contribution in [2.45, 2.75) is 4.90 Å². The Labute approximate surface area is 71.9 Å². The minimum atomic E-state index is -3.14. The Balaban J connectivity index is 3.20. The second-order valence-electron chi connectivity index (χ2n) is 2.39. The molecule has 0 heterocycles. The molecule has 0 saturated carbocycles. The molecule has 0 spiro atoms. The summed E-state index contributed by atoms with van der Waals surface area (Å²) in [5.74, 6) is 0.443. The largest absolute Gasteiger partial charge is 0.490 e. The van der Waals surface area contributed by atoms with E-state index in [4.69, 9.17) is 0 Å². The first-order chi connectivity index (χ1) is 5.54. The Bertz CT molecular complexity index is 368. The molecule has 12 heavy (non-hydrogen) atoms. The highest BCUT2D eigenvalue weighted by molar-refractivity contribution is 7.90. The van der Waals surface area contributed by atoms with Crippen LogP contribution in [0.2, 0.25) is 0 Å². The minimum absolute atomic E-state index is 0.239. The lowest BCUT2D eigenvalue weighted by molar-refractivity contribution is 0.471. The van der Waals surface area contributed by atoms with Gasteiger partial charge in [0.05, 0.1) is 4.90 Å².